The van der Waals surface area contributed by atoms with Crippen LogP contribution in [0.15, 0.2) is 35.1 Å². The minimum Gasteiger partial charge on any atom is -0.378 e. The van der Waals surface area contributed by atoms with Gasteiger partial charge in [0.25, 0.3) is 11.6 Å². The minimum absolute atomic E-state index is 0.0846. The van der Waals surface area contributed by atoms with Crippen molar-refractivity contribution in [2.45, 2.75) is 0 Å². The first kappa shape index (κ1) is 15.5. The molecule has 25 heavy (non-hydrogen) atoms. The number of fused-ring (bicyclic) bond motifs is 1. The van der Waals surface area contributed by atoms with Gasteiger partial charge in [0, 0.05) is 18.8 Å². The van der Waals surface area contributed by atoms with Crippen LogP contribution >= 0.6 is 0 Å². The summed E-state index contributed by atoms with van der Waals surface area (Å²) < 4.78 is 23.5. The molecule has 1 aliphatic heterocycles. The number of nitrogens with zero attached hydrogens (tertiary/aromatic N) is 4. The number of halogens is 1. The van der Waals surface area contributed by atoms with Gasteiger partial charge in [-0.3, -0.25) is 4.79 Å². The summed E-state index contributed by atoms with van der Waals surface area (Å²) in [5.41, 5.74) is 0.773. The standard InChI is InChI=1S/C16H14FN5O3/c17-10-1-3-11(4-2-10)20-15(23)13-12-14(22-5-7-24-8-6-22)18-9-19-16(12)25-21-13/h1-4,9H,5-8H2,(H,20,23). The monoisotopic (exact) mass is 343 g/mol. The lowest BCUT2D eigenvalue weighted by Crippen LogP contribution is -2.37. The second-order valence-corrected chi connectivity index (χ2v) is 5.47. The highest BCUT2D eigenvalue weighted by Gasteiger charge is 2.25. The zero-order valence-corrected chi connectivity index (χ0v) is 13.1. The van der Waals surface area contributed by atoms with E-state index in [-0.39, 0.29) is 17.2 Å². The van der Waals surface area contributed by atoms with Gasteiger partial charge >= 0.3 is 0 Å². The SMILES string of the molecule is O=C(Nc1ccc(F)cc1)c1noc2ncnc(N3CCOCC3)c12. The predicted molar refractivity (Wildman–Crippen MR) is 87.0 cm³/mol. The lowest BCUT2D eigenvalue weighted by Gasteiger charge is -2.27. The van der Waals surface area contributed by atoms with Crippen LogP contribution in [0.25, 0.3) is 11.1 Å². The molecule has 1 saturated heterocycles. The van der Waals surface area contributed by atoms with Gasteiger partial charge in [0.15, 0.2) is 5.69 Å². The van der Waals surface area contributed by atoms with Gasteiger partial charge < -0.3 is 19.5 Å². The van der Waals surface area contributed by atoms with E-state index in [0.717, 1.165) is 0 Å². The Morgan fingerprint density at radius 3 is 2.68 bits per heavy atom. The third-order valence-electron chi connectivity index (χ3n) is 3.88. The maximum Gasteiger partial charge on any atom is 0.278 e. The van der Waals surface area contributed by atoms with Crippen LogP contribution < -0.4 is 10.2 Å². The topological polar surface area (TPSA) is 93.4 Å². The van der Waals surface area contributed by atoms with Crippen molar-refractivity contribution in [2.24, 2.45) is 0 Å². The van der Waals surface area contributed by atoms with E-state index in [1.165, 1.54) is 30.6 Å². The van der Waals surface area contributed by atoms with Crippen LogP contribution in [0.2, 0.25) is 0 Å². The number of ether oxygens (including phenoxy) is 1. The Balaban J connectivity index is 1.69. The maximum atomic E-state index is 13.0. The zero-order valence-electron chi connectivity index (χ0n) is 13.1. The number of anilines is 2. The number of carbonyl (C=O) groups is 1. The van der Waals surface area contributed by atoms with Gasteiger partial charge in [0.1, 0.15) is 23.3 Å². The van der Waals surface area contributed by atoms with Gasteiger partial charge in [0.05, 0.1) is 13.2 Å². The van der Waals surface area contributed by atoms with Gasteiger partial charge in [-0.25, -0.2) is 9.37 Å². The number of carbonyl (C=O) groups excluding carboxylic acids is 1. The van der Waals surface area contributed by atoms with Gasteiger partial charge in [-0.05, 0) is 24.3 Å². The zero-order chi connectivity index (χ0) is 17.2. The third-order valence-corrected chi connectivity index (χ3v) is 3.88. The Bertz CT molecular complexity index is 906. The van der Waals surface area contributed by atoms with Crippen molar-refractivity contribution in [1.29, 1.82) is 0 Å². The molecule has 2 aromatic heterocycles. The number of aromatic nitrogens is 3. The Labute approximate surface area is 141 Å². The molecule has 0 saturated carbocycles. The molecule has 9 heteroatoms. The number of hydrogen-bond donors (Lipinski definition) is 1. The average Bonchev–Trinajstić information content (AvgIpc) is 3.09. The van der Waals surface area contributed by atoms with Crippen LogP contribution in [-0.2, 0) is 4.74 Å². The van der Waals surface area contributed by atoms with E-state index in [1.807, 2.05) is 4.90 Å². The molecule has 0 radical (unpaired) electrons. The van der Waals surface area contributed by atoms with Crippen molar-refractivity contribution in [3.63, 3.8) is 0 Å². The summed E-state index contributed by atoms with van der Waals surface area (Å²) in [6.07, 6.45) is 1.37. The van der Waals surface area contributed by atoms with Crippen LogP contribution in [0.3, 0.4) is 0 Å². The number of amides is 1. The fraction of sp³-hybridized carbons (Fsp3) is 0.250. The number of benzene rings is 1. The molecule has 0 bridgehead atoms. The van der Waals surface area contributed by atoms with E-state index in [9.17, 15) is 9.18 Å². The number of morpholine rings is 1. The first-order valence-corrected chi connectivity index (χ1v) is 7.72. The molecule has 1 N–H and O–H groups in total. The number of rotatable bonds is 3. The molecule has 0 aliphatic carbocycles. The molecule has 0 unspecified atom stereocenters. The quantitative estimate of drug-likeness (QED) is 0.775. The molecule has 8 nitrogen and oxygen atoms in total. The molecule has 4 rings (SSSR count). The highest BCUT2D eigenvalue weighted by atomic mass is 19.1. The van der Waals surface area contributed by atoms with E-state index >= 15 is 0 Å². The van der Waals surface area contributed by atoms with Crippen LogP contribution in [0, 0.1) is 5.82 Å². The van der Waals surface area contributed by atoms with Crippen molar-refractivity contribution >= 4 is 28.5 Å². The fourth-order valence-electron chi connectivity index (χ4n) is 2.67. The van der Waals surface area contributed by atoms with Crippen LogP contribution in [0.1, 0.15) is 10.5 Å². The lowest BCUT2D eigenvalue weighted by molar-refractivity contribution is 0.102. The molecule has 0 spiro atoms. The minimum atomic E-state index is -0.477. The summed E-state index contributed by atoms with van der Waals surface area (Å²) in [7, 11) is 0. The van der Waals surface area contributed by atoms with Crippen molar-refractivity contribution in [3.05, 3.63) is 42.1 Å². The van der Waals surface area contributed by atoms with Crippen LogP contribution in [0.5, 0.6) is 0 Å². The summed E-state index contributed by atoms with van der Waals surface area (Å²) in [5.74, 6) is -0.277. The summed E-state index contributed by atoms with van der Waals surface area (Å²) >= 11 is 0. The second-order valence-electron chi connectivity index (χ2n) is 5.47. The molecule has 1 aromatic carbocycles. The van der Waals surface area contributed by atoms with Gasteiger partial charge in [0.2, 0.25) is 0 Å². The Morgan fingerprint density at radius 2 is 1.92 bits per heavy atom. The summed E-state index contributed by atoms with van der Waals surface area (Å²) in [5, 5.41) is 6.96. The van der Waals surface area contributed by atoms with Gasteiger partial charge in [-0.1, -0.05) is 5.16 Å². The van der Waals surface area contributed by atoms with E-state index in [0.29, 0.717) is 43.2 Å². The molecule has 128 valence electrons. The van der Waals surface area contributed by atoms with Gasteiger partial charge in [-0.2, -0.15) is 4.98 Å². The Hall–Kier alpha value is -3.07. The molecule has 3 heterocycles. The molecule has 3 aromatic rings. The molecule has 1 fully saturated rings. The number of nitrogens with one attached hydrogen (secondary N) is 1. The van der Waals surface area contributed by atoms with Gasteiger partial charge in [-0.15, -0.1) is 0 Å². The molecule has 1 aliphatic rings. The fourth-order valence-corrected chi connectivity index (χ4v) is 2.67. The molecule has 0 atom stereocenters. The smallest absolute Gasteiger partial charge is 0.278 e. The third kappa shape index (κ3) is 3.01. The highest BCUT2D eigenvalue weighted by Crippen LogP contribution is 2.27. The summed E-state index contributed by atoms with van der Waals surface area (Å²) in [4.78, 5) is 22.9. The van der Waals surface area contributed by atoms with Crippen LogP contribution in [-0.4, -0.2) is 47.3 Å². The molecule has 1 amide bonds. The van der Waals surface area contributed by atoms with Crippen LogP contribution in [0.4, 0.5) is 15.9 Å². The first-order valence-electron chi connectivity index (χ1n) is 7.72. The van der Waals surface area contributed by atoms with E-state index < -0.39 is 5.91 Å². The van der Waals surface area contributed by atoms with E-state index in [4.69, 9.17) is 9.26 Å². The predicted octanol–water partition coefficient (Wildman–Crippen LogP) is 1.85. The van der Waals surface area contributed by atoms with Crippen molar-refractivity contribution in [1.82, 2.24) is 15.1 Å². The lowest BCUT2D eigenvalue weighted by atomic mass is 10.2. The number of hydrogen-bond acceptors (Lipinski definition) is 7. The first-order chi connectivity index (χ1) is 12.2. The summed E-state index contributed by atoms with van der Waals surface area (Å²) in [6.45, 7) is 2.45. The second kappa shape index (κ2) is 6.44. The normalized spacial score (nSPS) is 14.7. The Morgan fingerprint density at radius 1 is 1.16 bits per heavy atom. The van der Waals surface area contributed by atoms with E-state index in [2.05, 4.69) is 20.4 Å². The largest absolute Gasteiger partial charge is 0.378 e. The van der Waals surface area contributed by atoms with Crippen molar-refractivity contribution < 1.29 is 18.4 Å². The van der Waals surface area contributed by atoms with Crippen molar-refractivity contribution in [3.8, 4) is 0 Å². The average molecular weight is 343 g/mol. The molecular formula is C16H14FN5O3. The Kier molecular flexibility index (Phi) is 3.98. The maximum absolute atomic E-state index is 13.0. The van der Waals surface area contributed by atoms with Crippen molar-refractivity contribution in [2.75, 3.05) is 36.5 Å². The molecular weight excluding hydrogens is 329 g/mol. The highest BCUT2D eigenvalue weighted by molar-refractivity contribution is 6.12. The van der Waals surface area contributed by atoms with E-state index in [1.54, 1.807) is 0 Å². The summed E-state index contributed by atoms with van der Waals surface area (Å²) in [6, 6.07) is 5.46.